The predicted octanol–water partition coefficient (Wildman–Crippen LogP) is 2.28. The predicted molar refractivity (Wildman–Crippen MR) is 107 cm³/mol. The van der Waals surface area contributed by atoms with Gasteiger partial charge in [-0.1, -0.05) is 43.7 Å². The zero-order chi connectivity index (χ0) is 19.8. The van der Waals surface area contributed by atoms with E-state index in [1.807, 2.05) is 37.3 Å². The third-order valence-corrected chi connectivity index (χ3v) is 5.29. The number of carboxylic acid groups (broad SMARTS) is 1. The molecule has 0 bridgehead atoms. The highest BCUT2D eigenvalue weighted by molar-refractivity contribution is 7.81. The number of hydrogen-bond acceptors (Lipinski definition) is 4. The molecule has 1 aromatic rings. The molecular weight excluding hydrogens is 364 g/mol. The fourth-order valence-electron chi connectivity index (χ4n) is 3.54. The van der Waals surface area contributed by atoms with E-state index in [9.17, 15) is 19.5 Å². The fraction of sp³-hybridized carbons (Fsp3) is 0.550. The van der Waals surface area contributed by atoms with Crippen molar-refractivity contribution in [3.8, 4) is 0 Å². The number of carbonyl (C=O) groups is 3. The summed E-state index contributed by atoms with van der Waals surface area (Å²) in [5.74, 6) is -1.64. The summed E-state index contributed by atoms with van der Waals surface area (Å²) >= 11 is 4.39. The van der Waals surface area contributed by atoms with Gasteiger partial charge in [-0.15, -0.1) is 0 Å². The maximum atomic E-state index is 12.9. The molecule has 7 heteroatoms. The van der Waals surface area contributed by atoms with Crippen LogP contribution in [0.15, 0.2) is 30.3 Å². The van der Waals surface area contributed by atoms with Crippen LogP contribution in [0.1, 0.15) is 44.6 Å². The van der Waals surface area contributed by atoms with Gasteiger partial charge in [0.05, 0.1) is 5.25 Å². The van der Waals surface area contributed by atoms with Crippen LogP contribution >= 0.6 is 12.6 Å². The Morgan fingerprint density at radius 3 is 2.63 bits per heavy atom. The molecule has 2 amide bonds. The lowest BCUT2D eigenvalue weighted by Gasteiger charge is -2.30. The van der Waals surface area contributed by atoms with Crippen molar-refractivity contribution >= 4 is 30.4 Å². The van der Waals surface area contributed by atoms with Crippen molar-refractivity contribution in [2.75, 3.05) is 6.54 Å². The minimum Gasteiger partial charge on any atom is -0.480 e. The molecule has 6 nitrogen and oxygen atoms in total. The number of thiol groups is 1. The van der Waals surface area contributed by atoms with Crippen LogP contribution in [0.4, 0.5) is 0 Å². The average molecular weight is 393 g/mol. The summed E-state index contributed by atoms with van der Waals surface area (Å²) < 4.78 is 0. The van der Waals surface area contributed by atoms with Crippen LogP contribution in [-0.2, 0) is 20.8 Å². The quantitative estimate of drug-likeness (QED) is 0.593. The number of carbonyl (C=O) groups excluding carboxylic acids is 2. The van der Waals surface area contributed by atoms with Crippen LogP contribution in [0.5, 0.6) is 0 Å². The molecule has 2 rings (SSSR count). The summed E-state index contributed by atoms with van der Waals surface area (Å²) in [6.07, 6.45) is 4.16. The van der Waals surface area contributed by atoms with Crippen molar-refractivity contribution in [1.82, 2.24) is 10.2 Å². The molecule has 148 valence electrons. The summed E-state index contributed by atoms with van der Waals surface area (Å²) in [5.41, 5.74) is 0.996. The van der Waals surface area contributed by atoms with Gasteiger partial charge in [-0.25, -0.2) is 0 Å². The lowest BCUT2D eigenvalue weighted by atomic mass is 10.0. The van der Waals surface area contributed by atoms with Crippen LogP contribution in [0.3, 0.4) is 0 Å². The molecule has 1 aliphatic heterocycles. The summed E-state index contributed by atoms with van der Waals surface area (Å²) in [6.45, 7) is 1.69. The van der Waals surface area contributed by atoms with Crippen LogP contribution < -0.4 is 5.32 Å². The first kappa shape index (κ1) is 21.3. The lowest BCUT2D eigenvalue weighted by Crippen LogP contribution is -2.52. The van der Waals surface area contributed by atoms with E-state index in [0.717, 1.165) is 31.2 Å². The number of benzene rings is 1. The first-order chi connectivity index (χ1) is 12.9. The van der Waals surface area contributed by atoms with E-state index < -0.39 is 17.3 Å². The van der Waals surface area contributed by atoms with Gasteiger partial charge in [0, 0.05) is 6.04 Å². The zero-order valence-electron chi connectivity index (χ0n) is 15.6. The minimum atomic E-state index is -1.03. The second kappa shape index (κ2) is 10.3. The van der Waals surface area contributed by atoms with E-state index in [-0.39, 0.29) is 24.4 Å². The summed E-state index contributed by atoms with van der Waals surface area (Å²) in [4.78, 5) is 38.1. The van der Waals surface area contributed by atoms with Crippen LogP contribution in [0.2, 0.25) is 0 Å². The van der Waals surface area contributed by atoms with E-state index in [0.29, 0.717) is 12.8 Å². The number of aliphatic carboxylic acids is 1. The number of rotatable bonds is 8. The summed E-state index contributed by atoms with van der Waals surface area (Å²) in [5, 5.41) is 11.4. The number of hydrogen-bond donors (Lipinski definition) is 3. The van der Waals surface area contributed by atoms with E-state index in [4.69, 9.17) is 0 Å². The van der Waals surface area contributed by atoms with Crippen molar-refractivity contribution in [2.24, 2.45) is 0 Å². The maximum absolute atomic E-state index is 12.9. The van der Waals surface area contributed by atoms with Gasteiger partial charge in [-0.3, -0.25) is 14.4 Å². The van der Waals surface area contributed by atoms with E-state index >= 15 is 0 Å². The first-order valence-corrected chi connectivity index (χ1v) is 9.98. The number of likely N-dealkylation sites (tertiary alicyclic amines) is 1. The van der Waals surface area contributed by atoms with Crippen molar-refractivity contribution in [3.05, 3.63) is 35.9 Å². The first-order valence-electron chi connectivity index (χ1n) is 9.47. The van der Waals surface area contributed by atoms with Gasteiger partial charge in [0.2, 0.25) is 11.8 Å². The summed E-state index contributed by atoms with van der Waals surface area (Å²) in [7, 11) is 0. The van der Waals surface area contributed by atoms with E-state index in [2.05, 4.69) is 17.9 Å². The molecule has 0 spiro atoms. The van der Waals surface area contributed by atoms with Crippen molar-refractivity contribution in [3.63, 3.8) is 0 Å². The molecule has 1 aromatic carbocycles. The van der Waals surface area contributed by atoms with Gasteiger partial charge >= 0.3 is 5.97 Å². The Balaban J connectivity index is 2.04. The second-order valence-electron chi connectivity index (χ2n) is 7.00. The normalized spacial score (nSPS) is 21.4. The minimum absolute atomic E-state index is 0.0865. The molecule has 3 atom stereocenters. The molecule has 2 N–H and O–H groups in total. The van der Waals surface area contributed by atoms with Gasteiger partial charge in [-0.2, -0.15) is 12.6 Å². The third-order valence-electron chi connectivity index (χ3n) is 4.87. The third kappa shape index (κ3) is 6.27. The smallest absolute Gasteiger partial charge is 0.323 e. The molecule has 0 aliphatic carbocycles. The highest BCUT2D eigenvalue weighted by Crippen LogP contribution is 2.22. The Hall–Kier alpha value is -2.02. The zero-order valence-corrected chi connectivity index (χ0v) is 16.5. The highest BCUT2D eigenvalue weighted by Gasteiger charge is 2.35. The van der Waals surface area contributed by atoms with Crippen LogP contribution in [0.25, 0.3) is 0 Å². The topological polar surface area (TPSA) is 86.7 Å². The monoisotopic (exact) mass is 392 g/mol. The highest BCUT2D eigenvalue weighted by atomic mass is 32.1. The average Bonchev–Trinajstić information content (AvgIpc) is 2.77. The number of nitrogens with one attached hydrogen (secondary N) is 1. The Labute approximate surface area is 165 Å². The number of amides is 2. The molecule has 1 heterocycles. The molecule has 0 aromatic heterocycles. The maximum Gasteiger partial charge on any atom is 0.323 e. The molecule has 1 fully saturated rings. The van der Waals surface area contributed by atoms with Gasteiger partial charge in [0.15, 0.2) is 0 Å². The molecule has 0 saturated carbocycles. The van der Waals surface area contributed by atoms with Gasteiger partial charge < -0.3 is 15.3 Å². The largest absolute Gasteiger partial charge is 0.480 e. The van der Waals surface area contributed by atoms with Crippen molar-refractivity contribution in [2.45, 2.75) is 62.8 Å². The van der Waals surface area contributed by atoms with Crippen molar-refractivity contribution < 1.29 is 19.5 Å². The Kier molecular flexibility index (Phi) is 8.16. The van der Waals surface area contributed by atoms with E-state index in [1.54, 1.807) is 0 Å². The van der Waals surface area contributed by atoms with Gasteiger partial charge in [-0.05, 0) is 37.7 Å². The lowest BCUT2D eigenvalue weighted by molar-refractivity contribution is -0.147. The molecular formula is C20H28N2O4S. The van der Waals surface area contributed by atoms with Crippen molar-refractivity contribution in [1.29, 1.82) is 0 Å². The molecule has 27 heavy (non-hydrogen) atoms. The molecule has 1 aliphatic rings. The number of nitrogens with zero attached hydrogens (tertiary/aromatic N) is 1. The van der Waals surface area contributed by atoms with Gasteiger partial charge in [0.1, 0.15) is 12.6 Å². The Bertz CT molecular complexity index is 653. The SMILES string of the molecule is CCC[C@@H]1CCC[C@@H](NC(=O)[C@H](S)Cc2ccccc2)C(=O)N1CC(=O)O. The molecule has 0 radical (unpaired) electrons. The number of carboxylic acids is 1. The van der Waals surface area contributed by atoms with Gasteiger partial charge in [0.25, 0.3) is 0 Å². The van der Waals surface area contributed by atoms with E-state index in [1.165, 1.54) is 4.90 Å². The Morgan fingerprint density at radius 1 is 1.30 bits per heavy atom. The molecule has 1 saturated heterocycles. The fourth-order valence-corrected chi connectivity index (χ4v) is 3.82. The van der Waals surface area contributed by atoms with Crippen LogP contribution in [-0.4, -0.2) is 51.7 Å². The summed E-state index contributed by atoms with van der Waals surface area (Å²) in [6, 6.07) is 8.79. The molecule has 0 unspecified atom stereocenters. The standard InChI is InChI=1S/C20H28N2O4S/c1-2-7-15-10-6-11-16(20(26)22(15)13-18(23)24)21-19(25)17(27)12-14-8-4-3-5-9-14/h3-5,8-9,15-17,27H,2,6-7,10-13H2,1H3,(H,21,25)(H,23,24)/t15-,16-,17-/m1/s1. The van der Waals surface area contributed by atoms with Crippen LogP contribution in [0, 0.1) is 0 Å². The Morgan fingerprint density at radius 2 is 2.00 bits per heavy atom. The second-order valence-corrected chi connectivity index (χ2v) is 7.62.